The normalized spacial score (nSPS) is 36.3. The molecule has 66 valence electrons. The quantitative estimate of drug-likeness (QED) is 0.441. The van der Waals surface area contributed by atoms with Gasteiger partial charge in [0.05, 0.1) is 0 Å². The number of alkyl halides is 1. The minimum Gasteiger partial charge on any atom is -0.328 e. The molecule has 0 heterocycles. The Labute approximate surface area is 83.3 Å². The SMILES string of the molecule is CC(N)C1CCCCC(I)C1. The predicted molar refractivity (Wildman–Crippen MR) is 58.0 cm³/mol. The molecule has 1 aliphatic carbocycles. The Hall–Kier alpha value is 0.690. The first-order valence-corrected chi connectivity index (χ1v) is 5.84. The van der Waals surface area contributed by atoms with Crippen LogP contribution in [0.25, 0.3) is 0 Å². The molecule has 0 spiro atoms. The molecule has 0 radical (unpaired) electrons. The van der Waals surface area contributed by atoms with Gasteiger partial charge in [0.2, 0.25) is 0 Å². The van der Waals surface area contributed by atoms with Gasteiger partial charge in [-0.05, 0) is 32.1 Å². The van der Waals surface area contributed by atoms with Crippen molar-refractivity contribution in [2.24, 2.45) is 11.7 Å². The summed E-state index contributed by atoms with van der Waals surface area (Å²) in [5.41, 5.74) is 5.90. The van der Waals surface area contributed by atoms with Crippen LogP contribution in [0.5, 0.6) is 0 Å². The lowest BCUT2D eigenvalue weighted by Gasteiger charge is -2.19. The van der Waals surface area contributed by atoms with Crippen LogP contribution in [0.15, 0.2) is 0 Å². The van der Waals surface area contributed by atoms with Crippen LogP contribution in [0.2, 0.25) is 0 Å². The maximum absolute atomic E-state index is 5.90. The second kappa shape index (κ2) is 4.65. The zero-order valence-electron chi connectivity index (χ0n) is 7.22. The summed E-state index contributed by atoms with van der Waals surface area (Å²) in [6, 6.07) is 0.408. The van der Waals surface area contributed by atoms with Crippen molar-refractivity contribution in [3.63, 3.8) is 0 Å². The van der Waals surface area contributed by atoms with E-state index in [1.54, 1.807) is 0 Å². The maximum Gasteiger partial charge on any atom is 0.0113 e. The molecular formula is C9H18IN. The van der Waals surface area contributed by atoms with E-state index in [2.05, 4.69) is 29.5 Å². The van der Waals surface area contributed by atoms with Crippen molar-refractivity contribution in [2.45, 2.75) is 49.0 Å². The van der Waals surface area contributed by atoms with E-state index < -0.39 is 0 Å². The van der Waals surface area contributed by atoms with Gasteiger partial charge in [0.25, 0.3) is 0 Å². The molecule has 0 saturated heterocycles. The van der Waals surface area contributed by atoms with Gasteiger partial charge in [0.1, 0.15) is 0 Å². The lowest BCUT2D eigenvalue weighted by Crippen LogP contribution is -2.27. The minimum atomic E-state index is 0.408. The monoisotopic (exact) mass is 267 g/mol. The van der Waals surface area contributed by atoms with Crippen molar-refractivity contribution in [3.05, 3.63) is 0 Å². The molecule has 1 aliphatic rings. The lowest BCUT2D eigenvalue weighted by atomic mass is 9.94. The number of hydrogen-bond acceptors (Lipinski definition) is 1. The molecule has 2 N–H and O–H groups in total. The van der Waals surface area contributed by atoms with Crippen LogP contribution >= 0.6 is 22.6 Å². The van der Waals surface area contributed by atoms with Gasteiger partial charge in [0, 0.05) is 9.97 Å². The van der Waals surface area contributed by atoms with Crippen LogP contribution in [0.3, 0.4) is 0 Å². The van der Waals surface area contributed by atoms with E-state index in [4.69, 9.17) is 5.73 Å². The van der Waals surface area contributed by atoms with Crippen LogP contribution in [0.4, 0.5) is 0 Å². The molecule has 1 rings (SSSR count). The number of hydrogen-bond donors (Lipinski definition) is 1. The van der Waals surface area contributed by atoms with Crippen molar-refractivity contribution in [3.8, 4) is 0 Å². The Morgan fingerprint density at radius 1 is 1.36 bits per heavy atom. The van der Waals surface area contributed by atoms with Crippen LogP contribution < -0.4 is 5.73 Å². The molecule has 1 fully saturated rings. The highest BCUT2D eigenvalue weighted by atomic mass is 127. The first kappa shape index (κ1) is 9.78. The third-order valence-corrected chi connectivity index (χ3v) is 3.78. The second-order valence-electron chi connectivity index (χ2n) is 3.74. The maximum atomic E-state index is 5.90. The van der Waals surface area contributed by atoms with Gasteiger partial charge in [-0.25, -0.2) is 0 Å². The van der Waals surface area contributed by atoms with Gasteiger partial charge in [-0.2, -0.15) is 0 Å². The fraction of sp³-hybridized carbons (Fsp3) is 1.00. The minimum absolute atomic E-state index is 0.408. The molecule has 0 aromatic rings. The molecule has 0 bridgehead atoms. The number of nitrogens with two attached hydrogens (primary N) is 1. The van der Waals surface area contributed by atoms with E-state index in [0.29, 0.717) is 6.04 Å². The molecule has 11 heavy (non-hydrogen) atoms. The summed E-state index contributed by atoms with van der Waals surface area (Å²) in [5.74, 6) is 0.791. The smallest absolute Gasteiger partial charge is 0.0113 e. The van der Waals surface area contributed by atoms with Gasteiger partial charge in [-0.15, -0.1) is 0 Å². The third-order valence-electron chi connectivity index (χ3n) is 2.64. The van der Waals surface area contributed by atoms with Crippen molar-refractivity contribution in [2.75, 3.05) is 0 Å². The molecule has 2 heteroatoms. The van der Waals surface area contributed by atoms with E-state index in [-0.39, 0.29) is 0 Å². The Balaban J connectivity index is 2.39. The standard InChI is InChI=1S/C9H18IN/c1-7(11)8-4-2-3-5-9(10)6-8/h7-9H,2-6,11H2,1H3. The van der Waals surface area contributed by atoms with E-state index in [0.717, 1.165) is 9.84 Å². The summed E-state index contributed by atoms with van der Waals surface area (Å²) in [6.45, 7) is 2.15. The van der Waals surface area contributed by atoms with Crippen molar-refractivity contribution in [1.29, 1.82) is 0 Å². The number of halogens is 1. The predicted octanol–water partition coefficient (Wildman–Crippen LogP) is 2.72. The Bertz CT molecular complexity index is 114. The molecule has 3 unspecified atom stereocenters. The van der Waals surface area contributed by atoms with Gasteiger partial charge >= 0.3 is 0 Å². The zero-order chi connectivity index (χ0) is 8.27. The van der Waals surface area contributed by atoms with Crippen LogP contribution in [-0.2, 0) is 0 Å². The Morgan fingerprint density at radius 3 is 2.64 bits per heavy atom. The van der Waals surface area contributed by atoms with E-state index >= 15 is 0 Å². The highest BCUT2D eigenvalue weighted by Gasteiger charge is 2.20. The summed E-state index contributed by atoms with van der Waals surface area (Å²) >= 11 is 2.57. The van der Waals surface area contributed by atoms with Gasteiger partial charge in [0.15, 0.2) is 0 Å². The summed E-state index contributed by atoms with van der Waals surface area (Å²) in [7, 11) is 0. The van der Waals surface area contributed by atoms with Gasteiger partial charge in [-0.3, -0.25) is 0 Å². The molecule has 0 aromatic heterocycles. The Morgan fingerprint density at radius 2 is 2.00 bits per heavy atom. The van der Waals surface area contributed by atoms with E-state index in [9.17, 15) is 0 Å². The van der Waals surface area contributed by atoms with Crippen molar-refractivity contribution < 1.29 is 0 Å². The fourth-order valence-electron chi connectivity index (χ4n) is 1.81. The first-order chi connectivity index (χ1) is 5.20. The van der Waals surface area contributed by atoms with Gasteiger partial charge in [-0.1, -0.05) is 35.4 Å². The van der Waals surface area contributed by atoms with Crippen LogP contribution in [-0.4, -0.2) is 9.97 Å². The van der Waals surface area contributed by atoms with Gasteiger partial charge < -0.3 is 5.73 Å². The fourth-order valence-corrected chi connectivity index (χ4v) is 2.91. The lowest BCUT2D eigenvalue weighted by molar-refractivity contribution is 0.399. The summed E-state index contributed by atoms with van der Waals surface area (Å²) in [4.78, 5) is 0. The highest BCUT2D eigenvalue weighted by molar-refractivity contribution is 14.1. The highest BCUT2D eigenvalue weighted by Crippen LogP contribution is 2.29. The first-order valence-electron chi connectivity index (χ1n) is 4.60. The van der Waals surface area contributed by atoms with E-state index in [1.807, 2.05) is 0 Å². The third kappa shape index (κ3) is 3.28. The topological polar surface area (TPSA) is 26.0 Å². The van der Waals surface area contributed by atoms with Crippen molar-refractivity contribution >= 4 is 22.6 Å². The number of rotatable bonds is 1. The molecular weight excluding hydrogens is 249 g/mol. The summed E-state index contributed by atoms with van der Waals surface area (Å²) < 4.78 is 0.881. The Kier molecular flexibility index (Phi) is 4.13. The average Bonchev–Trinajstić information content (AvgIpc) is 2.13. The molecule has 0 aromatic carbocycles. The summed E-state index contributed by atoms with van der Waals surface area (Å²) in [5, 5.41) is 0. The summed E-state index contributed by atoms with van der Waals surface area (Å²) in [6.07, 6.45) is 6.92. The molecule has 1 saturated carbocycles. The van der Waals surface area contributed by atoms with Crippen molar-refractivity contribution in [1.82, 2.24) is 0 Å². The zero-order valence-corrected chi connectivity index (χ0v) is 9.38. The molecule has 0 aliphatic heterocycles. The van der Waals surface area contributed by atoms with Crippen LogP contribution in [0, 0.1) is 5.92 Å². The van der Waals surface area contributed by atoms with Crippen LogP contribution in [0.1, 0.15) is 39.0 Å². The molecule has 1 nitrogen and oxygen atoms in total. The van der Waals surface area contributed by atoms with E-state index in [1.165, 1.54) is 32.1 Å². The average molecular weight is 267 g/mol. The largest absolute Gasteiger partial charge is 0.328 e. The second-order valence-corrected chi connectivity index (χ2v) is 5.50. The molecule has 3 atom stereocenters. The molecule has 0 amide bonds.